The lowest BCUT2D eigenvalue weighted by atomic mass is 10.2. The van der Waals surface area contributed by atoms with Crippen LogP contribution in [0.2, 0.25) is 0 Å². The fourth-order valence-electron chi connectivity index (χ4n) is 2.19. The molecule has 1 N–H and O–H groups in total. The van der Waals surface area contributed by atoms with Gasteiger partial charge in [-0.15, -0.1) is 0 Å². The monoisotopic (exact) mass is 349 g/mol. The Balaban J connectivity index is 2.01. The molecule has 4 nitrogen and oxygen atoms in total. The topological polar surface area (TPSA) is 46.9 Å². The van der Waals surface area contributed by atoms with E-state index in [1.807, 2.05) is 41.9 Å². The Hall–Kier alpha value is -1.62. The van der Waals surface area contributed by atoms with Gasteiger partial charge in [-0.1, -0.05) is 25.1 Å². The molecule has 1 aromatic carbocycles. The van der Waals surface area contributed by atoms with Gasteiger partial charge in [0.2, 0.25) is 0 Å². The van der Waals surface area contributed by atoms with E-state index in [1.165, 1.54) is 0 Å². The molecule has 0 bridgehead atoms. The first-order chi connectivity index (χ1) is 10.2. The summed E-state index contributed by atoms with van der Waals surface area (Å²) in [5.41, 5.74) is 2.94. The van der Waals surface area contributed by atoms with Gasteiger partial charge in [-0.05, 0) is 41.4 Å². The molecule has 0 aliphatic heterocycles. The van der Waals surface area contributed by atoms with Crippen molar-refractivity contribution in [2.45, 2.75) is 33.2 Å². The lowest BCUT2D eigenvalue weighted by Crippen LogP contribution is -2.18. The second-order valence-electron chi connectivity index (χ2n) is 4.81. The third kappa shape index (κ3) is 3.94. The van der Waals surface area contributed by atoms with Gasteiger partial charge >= 0.3 is 0 Å². The Labute approximate surface area is 133 Å². The Morgan fingerprint density at radius 3 is 2.62 bits per heavy atom. The first-order valence-corrected chi connectivity index (χ1v) is 7.99. The maximum Gasteiger partial charge on any atom is 0.157 e. The van der Waals surface area contributed by atoms with Crippen molar-refractivity contribution in [3.63, 3.8) is 0 Å². The van der Waals surface area contributed by atoms with Crippen LogP contribution in [0.15, 0.2) is 34.8 Å². The summed E-state index contributed by atoms with van der Waals surface area (Å²) >= 11 is 3.57. The van der Waals surface area contributed by atoms with Crippen molar-refractivity contribution < 1.29 is 4.79 Å². The van der Waals surface area contributed by atoms with Crippen LogP contribution in [0, 0.1) is 0 Å². The van der Waals surface area contributed by atoms with Crippen molar-refractivity contribution in [2.24, 2.45) is 0 Å². The van der Waals surface area contributed by atoms with Crippen LogP contribution in [0.3, 0.4) is 0 Å². The quantitative estimate of drug-likeness (QED) is 0.832. The number of hydrogen-bond acceptors (Lipinski definition) is 3. The molecule has 2 aromatic rings. The van der Waals surface area contributed by atoms with Crippen molar-refractivity contribution in [3.05, 3.63) is 46.2 Å². The van der Waals surface area contributed by atoms with Gasteiger partial charge in [0.05, 0.1) is 28.8 Å². The highest BCUT2D eigenvalue weighted by molar-refractivity contribution is 9.10. The summed E-state index contributed by atoms with van der Waals surface area (Å²) < 4.78 is 2.88. The highest BCUT2D eigenvalue weighted by atomic mass is 79.9. The van der Waals surface area contributed by atoms with E-state index < -0.39 is 0 Å². The van der Waals surface area contributed by atoms with E-state index in [-0.39, 0.29) is 5.78 Å². The largest absolute Gasteiger partial charge is 0.378 e. The minimum Gasteiger partial charge on any atom is -0.378 e. The van der Waals surface area contributed by atoms with E-state index in [2.05, 4.69) is 33.3 Å². The summed E-state index contributed by atoms with van der Waals surface area (Å²) in [5.74, 6) is 0.150. The van der Waals surface area contributed by atoms with Crippen LogP contribution in [0.5, 0.6) is 0 Å². The average molecular weight is 350 g/mol. The lowest BCUT2D eigenvalue weighted by molar-refractivity contribution is -0.116. The van der Waals surface area contributed by atoms with Crippen molar-refractivity contribution in [1.82, 2.24) is 9.78 Å². The second-order valence-corrected chi connectivity index (χ2v) is 5.60. The molecule has 0 aliphatic carbocycles. The number of aromatic nitrogens is 2. The van der Waals surface area contributed by atoms with Crippen LogP contribution in [-0.4, -0.2) is 22.1 Å². The number of para-hydroxylation sites is 1. The fourth-order valence-corrected chi connectivity index (χ4v) is 2.90. The van der Waals surface area contributed by atoms with Crippen LogP contribution < -0.4 is 5.32 Å². The zero-order valence-electron chi connectivity index (χ0n) is 12.4. The molecular formula is C16H20BrN3O. The molecule has 0 radical (unpaired) electrons. The number of carbonyl (C=O) groups excluding carboxylic acids is 1. The van der Waals surface area contributed by atoms with Crippen LogP contribution in [-0.2, 0) is 24.2 Å². The van der Waals surface area contributed by atoms with E-state index in [0.29, 0.717) is 13.0 Å². The van der Waals surface area contributed by atoms with E-state index in [0.717, 1.165) is 34.5 Å². The van der Waals surface area contributed by atoms with Crippen molar-refractivity contribution in [1.29, 1.82) is 0 Å². The van der Waals surface area contributed by atoms with Gasteiger partial charge in [-0.25, -0.2) is 0 Å². The summed E-state index contributed by atoms with van der Waals surface area (Å²) in [6.45, 7) is 5.20. The molecule has 0 amide bonds. The van der Waals surface area contributed by atoms with Crippen LogP contribution >= 0.6 is 15.9 Å². The maximum atomic E-state index is 12.2. The van der Waals surface area contributed by atoms with Gasteiger partial charge in [-0.2, -0.15) is 5.10 Å². The number of hydrogen-bond donors (Lipinski definition) is 1. The summed E-state index contributed by atoms with van der Waals surface area (Å²) in [4.78, 5) is 12.2. The third-order valence-corrected chi connectivity index (χ3v) is 4.24. The van der Waals surface area contributed by atoms with E-state index in [1.54, 1.807) is 0 Å². The summed E-state index contributed by atoms with van der Waals surface area (Å²) in [6, 6.07) is 9.76. The molecule has 0 unspecified atom stereocenters. The number of ketones is 1. The molecular weight excluding hydrogens is 330 g/mol. The number of nitrogens with one attached hydrogen (secondary N) is 1. The number of halogens is 1. The first-order valence-electron chi connectivity index (χ1n) is 7.20. The standard InChI is InChI=1S/C16H20BrN3O/c1-3-14-16(17)15(20(4-2)19-14)10-13(21)11-18-12-8-6-5-7-9-12/h5-9,18H,3-4,10-11H2,1-2H3. The smallest absolute Gasteiger partial charge is 0.157 e. The van der Waals surface area contributed by atoms with E-state index in [4.69, 9.17) is 0 Å². The van der Waals surface area contributed by atoms with Crippen LogP contribution in [0.25, 0.3) is 0 Å². The number of aryl methyl sites for hydroxylation is 2. The molecule has 0 aliphatic rings. The Morgan fingerprint density at radius 2 is 2.00 bits per heavy atom. The molecule has 0 atom stereocenters. The van der Waals surface area contributed by atoms with Gasteiger partial charge in [0.1, 0.15) is 0 Å². The Bertz CT molecular complexity index is 607. The number of rotatable bonds is 7. The zero-order valence-corrected chi connectivity index (χ0v) is 14.0. The average Bonchev–Trinajstić information content (AvgIpc) is 2.82. The Kier molecular flexibility index (Phi) is 5.56. The van der Waals surface area contributed by atoms with Gasteiger partial charge in [-0.3, -0.25) is 9.48 Å². The minimum atomic E-state index is 0.150. The molecule has 21 heavy (non-hydrogen) atoms. The second kappa shape index (κ2) is 7.41. The number of anilines is 1. The highest BCUT2D eigenvalue weighted by Gasteiger charge is 2.16. The number of Topliss-reactive ketones (excluding diaryl/α,β-unsaturated/α-hetero) is 1. The SMILES string of the molecule is CCc1nn(CC)c(CC(=O)CNc2ccccc2)c1Br. The molecule has 1 aromatic heterocycles. The molecule has 0 saturated heterocycles. The van der Waals surface area contributed by atoms with Gasteiger partial charge in [0.15, 0.2) is 5.78 Å². The van der Waals surface area contributed by atoms with Crippen LogP contribution in [0.4, 0.5) is 5.69 Å². The molecule has 1 heterocycles. The predicted octanol–water partition coefficient (Wildman–Crippen LogP) is 3.45. The summed E-state index contributed by atoms with van der Waals surface area (Å²) in [6.07, 6.45) is 1.25. The summed E-state index contributed by atoms with van der Waals surface area (Å²) in [7, 11) is 0. The number of carbonyl (C=O) groups is 1. The maximum absolute atomic E-state index is 12.2. The molecule has 0 spiro atoms. The molecule has 112 valence electrons. The lowest BCUT2D eigenvalue weighted by Gasteiger charge is -2.07. The van der Waals surface area contributed by atoms with Gasteiger partial charge < -0.3 is 5.32 Å². The third-order valence-electron chi connectivity index (χ3n) is 3.32. The van der Waals surface area contributed by atoms with Crippen molar-refractivity contribution in [3.8, 4) is 0 Å². The molecule has 0 fully saturated rings. The van der Waals surface area contributed by atoms with Crippen LogP contribution in [0.1, 0.15) is 25.2 Å². The van der Waals surface area contributed by atoms with E-state index in [9.17, 15) is 4.79 Å². The molecule has 5 heteroatoms. The Morgan fingerprint density at radius 1 is 1.29 bits per heavy atom. The highest BCUT2D eigenvalue weighted by Crippen LogP contribution is 2.23. The van der Waals surface area contributed by atoms with Gasteiger partial charge in [0.25, 0.3) is 0 Å². The number of benzene rings is 1. The normalized spacial score (nSPS) is 10.6. The zero-order chi connectivity index (χ0) is 15.2. The minimum absolute atomic E-state index is 0.150. The van der Waals surface area contributed by atoms with E-state index >= 15 is 0 Å². The van der Waals surface area contributed by atoms with Gasteiger partial charge in [0, 0.05) is 12.2 Å². The fraction of sp³-hybridized carbons (Fsp3) is 0.375. The molecule has 2 rings (SSSR count). The number of nitrogens with zero attached hydrogens (tertiary/aromatic N) is 2. The van der Waals surface area contributed by atoms with Crippen molar-refractivity contribution in [2.75, 3.05) is 11.9 Å². The predicted molar refractivity (Wildman–Crippen MR) is 88.6 cm³/mol. The van der Waals surface area contributed by atoms with Crippen molar-refractivity contribution >= 4 is 27.4 Å². The molecule has 0 saturated carbocycles. The summed E-state index contributed by atoms with van der Waals surface area (Å²) in [5, 5.41) is 7.66. The first kappa shape index (κ1) is 15.8.